The summed E-state index contributed by atoms with van der Waals surface area (Å²) in [4.78, 5) is 11.4. The Morgan fingerprint density at radius 2 is 1.88 bits per heavy atom. The second-order valence-corrected chi connectivity index (χ2v) is 10.3. The van der Waals surface area contributed by atoms with E-state index < -0.39 is 36.7 Å². The van der Waals surface area contributed by atoms with E-state index in [0.717, 1.165) is 38.5 Å². The number of benzene rings is 1. The van der Waals surface area contributed by atoms with E-state index in [1.54, 1.807) is 6.07 Å². The van der Waals surface area contributed by atoms with E-state index in [0.29, 0.717) is 23.5 Å². The third-order valence-electron chi connectivity index (χ3n) is 8.73. The molecule has 0 amide bonds. The maximum absolute atomic E-state index is 11.4. The van der Waals surface area contributed by atoms with Gasteiger partial charge < -0.3 is 35.0 Å². The van der Waals surface area contributed by atoms with Gasteiger partial charge in [-0.2, -0.15) is 0 Å². The first-order chi connectivity index (χ1) is 15.2. The summed E-state index contributed by atoms with van der Waals surface area (Å²) in [6.07, 6.45) is -2.38. The van der Waals surface area contributed by atoms with Crippen LogP contribution in [-0.2, 0) is 20.7 Å². The van der Waals surface area contributed by atoms with Crippen molar-refractivity contribution in [2.45, 2.75) is 88.2 Å². The van der Waals surface area contributed by atoms with Crippen molar-refractivity contribution in [2.75, 3.05) is 0 Å². The molecule has 0 aromatic heterocycles. The first-order valence-electron chi connectivity index (χ1n) is 11.6. The van der Waals surface area contributed by atoms with Crippen LogP contribution in [0.4, 0.5) is 0 Å². The van der Waals surface area contributed by atoms with Crippen molar-refractivity contribution in [3.05, 3.63) is 29.3 Å². The van der Waals surface area contributed by atoms with Crippen LogP contribution >= 0.6 is 0 Å². The number of aliphatic hydroxyl groups excluding tert-OH is 3. The molecule has 3 fully saturated rings. The highest BCUT2D eigenvalue weighted by Crippen LogP contribution is 2.61. The first-order valence-corrected chi connectivity index (χ1v) is 11.6. The lowest BCUT2D eigenvalue weighted by Crippen LogP contribution is -2.61. The number of carboxylic acids is 1. The molecule has 8 nitrogen and oxygen atoms in total. The summed E-state index contributed by atoms with van der Waals surface area (Å²) in [5, 5.41) is 49.6. The lowest BCUT2D eigenvalue weighted by atomic mass is 9.55. The van der Waals surface area contributed by atoms with Gasteiger partial charge in [0.1, 0.15) is 24.1 Å². The van der Waals surface area contributed by atoms with Gasteiger partial charge in [-0.15, -0.1) is 0 Å². The second kappa shape index (κ2) is 7.95. The molecule has 1 aromatic carbocycles. The van der Waals surface area contributed by atoms with Gasteiger partial charge in [0, 0.05) is 0 Å². The van der Waals surface area contributed by atoms with Crippen molar-refractivity contribution >= 4 is 5.97 Å². The van der Waals surface area contributed by atoms with Gasteiger partial charge >= 0.3 is 5.97 Å². The summed E-state index contributed by atoms with van der Waals surface area (Å²) in [6.45, 7) is 2.22. The molecule has 0 spiro atoms. The van der Waals surface area contributed by atoms with Gasteiger partial charge in [-0.1, -0.05) is 13.0 Å². The molecule has 1 saturated heterocycles. The third-order valence-corrected chi connectivity index (χ3v) is 8.73. The van der Waals surface area contributed by atoms with Crippen molar-refractivity contribution in [3.8, 4) is 5.75 Å². The van der Waals surface area contributed by atoms with Crippen LogP contribution in [0.15, 0.2) is 18.2 Å². The van der Waals surface area contributed by atoms with Gasteiger partial charge in [0.05, 0.1) is 6.10 Å². The molecule has 4 aliphatic rings. The molecule has 1 aliphatic heterocycles. The number of aliphatic hydroxyl groups is 3. The minimum absolute atomic E-state index is 0.140. The van der Waals surface area contributed by atoms with E-state index in [2.05, 4.69) is 13.0 Å². The van der Waals surface area contributed by atoms with Crippen molar-refractivity contribution in [1.29, 1.82) is 0 Å². The monoisotopic (exact) mass is 448 g/mol. The highest BCUT2D eigenvalue weighted by molar-refractivity contribution is 5.73. The number of aliphatic carboxylic acids is 1. The maximum atomic E-state index is 11.4. The number of phenolic OH excluding ortho intramolecular Hbond substituents is 1. The van der Waals surface area contributed by atoms with Gasteiger partial charge in [-0.25, -0.2) is 4.79 Å². The summed E-state index contributed by atoms with van der Waals surface area (Å²) < 4.78 is 11.5. The molecule has 8 heteroatoms. The predicted molar refractivity (Wildman–Crippen MR) is 112 cm³/mol. The fraction of sp³-hybridized carbons (Fsp3) is 0.708. The average molecular weight is 449 g/mol. The van der Waals surface area contributed by atoms with Crippen LogP contribution < -0.4 is 0 Å². The number of hydrogen-bond donors (Lipinski definition) is 5. The maximum Gasteiger partial charge on any atom is 0.335 e. The molecule has 10 atom stereocenters. The Balaban J connectivity index is 1.34. The Morgan fingerprint density at radius 3 is 2.62 bits per heavy atom. The molecule has 9 unspecified atom stereocenters. The van der Waals surface area contributed by atoms with Crippen LogP contribution in [0, 0.1) is 17.3 Å². The molecule has 2 saturated carbocycles. The SMILES string of the molecule is C[C@]12CCC3c4ccc(O)cc4CCC3C1CCC2OC1OC(C(=O)O)C(O)C(O)C1O. The van der Waals surface area contributed by atoms with Crippen LogP contribution in [0.25, 0.3) is 0 Å². The summed E-state index contributed by atoms with van der Waals surface area (Å²) >= 11 is 0. The normalized spacial score (nSPS) is 45.6. The minimum atomic E-state index is -1.72. The minimum Gasteiger partial charge on any atom is -0.508 e. The zero-order valence-electron chi connectivity index (χ0n) is 18.1. The molecular formula is C24H32O8. The fourth-order valence-corrected chi connectivity index (χ4v) is 7.07. The molecular weight excluding hydrogens is 416 g/mol. The molecule has 3 aliphatic carbocycles. The van der Waals surface area contributed by atoms with Gasteiger partial charge in [-0.3, -0.25) is 0 Å². The highest BCUT2D eigenvalue weighted by Gasteiger charge is 2.57. The Hall–Kier alpha value is -1.71. The molecule has 5 N–H and O–H groups in total. The Morgan fingerprint density at radius 1 is 1.09 bits per heavy atom. The van der Waals surface area contributed by atoms with Crippen molar-refractivity contribution < 1.29 is 39.8 Å². The number of carboxylic acid groups (broad SMARTS) is 1. The van der Waals surface area contributed by atoms with Gasteiger partial charge in [0.15, 0.2) is 12.4 Å². The second-order valence-electron chi connectivity index (χ2n) is 10.3. The van der Waals surface area contributed by atoms with Crippen LogP contribution in [0.5, 0.6) is 5.75 Å². The number of aromatic hydroxyl groups is 1. The molecule has 1 aromatic rings. The number of carbonyl (C=O) groups is 1. The summed E-state index contributed by atoms with van der Waals surface area (Å²) in [7, 11) is 0. The van der Waals surface area contributed by atoms with Crippen LogP contribution in [-0.4, -0.2) is 68.3 Å². The molecule has 176 valence electrons. The molecule has 32 heavy (non-hydrogen) atoms. The smallest absolute Gasteiger partial charge is 0.335 e. The predicted octanol–water partition coefficient (Wildman–Crippen LogP) is 1.53. The zero-order valence-corrected chi connectivity index (χ0v) is 18.1. The van der Waals surface area contributed by atoms with Gasteiger partial charge in [0.2, 0.25) is 0 Å². The molecule has 0 radical (unpaired) electrons. The van der Waals surface area contributed by atoms with E-state index in [4.69, 9.17) is 9.47 Å². The average Bonchev–Trinajstić information content (AvgIpc) is 3.09. The molecule has 5 rings (SSSR count). The van der Waals surface area contributed by atoms with Crippen molar-refractivity contribution in [2.24, 2.45) is 17.3 Å². The number of ether oxygens (including phenoxy) is 2. The van der Waals surface area contributed by atoms with Crippen molar-refractivity contribution in [3.63, 3.8) is 0 Å². The summed E-state index contributed by atoms with van der Waals surface area (Å²) in [6, 6.07) is 5.73. The lowest BCUT2D eigenvalue weighted by Gasteiger charge is -2.51. The lowest BCUT2D eigenvalue weighted by molar-refractivity contribution is -0.312. The first kappa shape index (κ1) is 22.1. The molecule has 0 bridgehead atoms. The van der Waals surface area contributed by atoms with E-state index in [9.17, 15) is 30.3 Å². The highest BCUT2D eigenvalue weighted by atomic mass is 16.7. The summed E-state index contributed by atoms with van der Waals surface area (Å²) in [5.41, 5.74) is 2.45. The van der Waals surface area contributed by atoms with E-state index in [1.165, 1.54) is 11.1 Å². The number of aryl methyl sites for hydroxylation is 1. The Labute approximate surface area is 186 Å². The number of fused-ring (bicyclic) bond motifs is 5. The van der Waals surface area contributed by atoms with E-state index >= 15 is 0 Å². The van der Waals surface area contributed by atoms with Crippen LogP contribution in [0.1, 0.15) is 56.1 Å². The van der Waals surface area contributed by atoms with Crippen LogP contribution in [0.3, 0.4) is 0 Å². The standard InChI is InChI=1S/C24H32O8/c1-24-9-8-14-13-5-3-12(25)10-11(13)2-4-15(14)16(24)6-7-17(24)31-23-20(28)18(26)19(27)21(32-23)22(29)30/h3,5,10,14-21,23,25-28H,2,4,6-9H2,1H3,(H,29,30)/t14?,15?,16?,17?,18?,19?,20?,21?,23?,24-/m0/s1. The van der Waals surface area contributed by atoms with E-state index in [-0.39, 0.29) is 11.5 Å². The molecule has 1 heterocycles. The Bertz CT molecular complexity index is 889. The number of hydrogen-bond acceptors (Lipinski definition) is 7. The number of phenols is 1. The topological polar surface area (TPSA) is 137 Å². The van der Waals surface area contributed by atoms with Gasteiger partial charge in [0.25, 0.3) is 0 Å². The fourth-order valence-electron chi connectivity index (χ4n) is 7.07. The van der Waals surface area contributed by atoms with Gasteiger partial charge in [-0.05, 0) is 85.0 Å². The van der Waals surface area contributed by atoms with Crippen LogP contribution in [0.2, 0.25) is 0 Å². The largest absolute Gasteiger partial charge is 0.508 e. The Kier molecular flexibility index (Phi) is 5.49. The quantitative estimate of drug-likeness (QED) is 0.470. The zero-order chi connectivity index (χ0) is 22.8. The summed E-state index contributed by atoms with van der Waals surface area (Å²) in [5.74, 6) is 0.312. The number of rotatable bonds is 3. The third kappa shape index (κ3) is 3.35. The van der Waals surface area contributed by atoms with E-state index in [1.807, 2.05) is 6.07 Å². The van der Waals surface area contributed by atoms with Crippen molar-refractivity contribution in [1.82, 2.24) is 0 Å².